The summed E-state index contributed by atoms with van der Waals surface area (Å²) in [5, 5.41) is 0. The molecule has 5 heteroatoms. The lowest BCUT2D eigenvalue weighted by molar-refractivity contribution is -0.136. The molecule has 36 heavy (non-hydrogen) atoms. The summed E-state index contributed by atoms with van der Waals surface area (Å²) in [6, 6.07) is 19.0. The molecule has 2 heterocycles. The standard InChI is InChI=1S/C31H43N3O2/c1-3-4-6-9-25-12-14-27(15-13-25)31(36)34-22-18-29(19-23-34)33-20-16-28(17-21-33)30(35)32(2)24-26-10-7-5-8-11-26/h5,7-8,10-15,28-29H,3-4,6,9,16-24H2,1-2H3. The van der Waals surface area contributed by atoms with Gasteiger partial charge in [-0.3, -0.25) is 9.59 Å². The number of carbonyl (C=O) groups is 2. The highest BCUT2D eigenvalue weighted by Gasteiger charge is 2.32. The van der Waals surface area contributed by atoms with Crippen LogP contribution in [0.15, 0.2) is 54.6 Å². The van der Waals surface area contributed by atoms with Crippen molar-refractivity contribution in [1.29, 1.82) is 0 Å². The van der Waals surface area contributed by atoms with Crippen LogP contribution >= 0.6 is 0 Å². The molecule has 0 bridgehead atoms. The number of hydrogen-bond acceptors (Lipinski definition) is 3. The molecule has 0 spiro atoms. The third-order valence-electron chi connectivity index (χ3n) is 8.06. The number of carbonyl (C=O) groups excluding carboxylic acids is 2. The molecule has 0 aliphatic carbocycles. The van der Waals surface area contributed by atoms with Crippen LogP contribution in [0.4, 0.5) is 0 Å². The van der Waals surface area contributed by atoms with Crippen molar-refractivity contribution >= 4 is 11.8 Å². The summed E-state index contributed by atoms with van der Waals surface area (Å²) in [4.78, 5) is 32.5. The number of unbranched alkanes of at least 4 members (excludes halogenated alkanes) is 2. The Bertz CT molecular complexity index is 959. The van der Waals surface area contributed by atoms with E-state index in [1.807, 2.05) is 47.2 Å². The van der Waals surface area contributed by atoms with E-state index >= 15 is 0 Å². The van der Waals surface area contributed by atoms with Gasteiger partial charge in [0.2, 0.25) is 5.91 Å². The normalized spacial score (nSPS) is 17.8. The van der Waals surface area contributed by atoms with Gasteiger partial charge < -0.3 is 14.7 Å². The minimum atomic E-state index is 0.126. The smallest absolute Gasteiger partial charge is 0.253 e. The van der Waals surface area contributed by atoms with Crippen molar-refractivity contribution in [3.8, 4) is 0 Å². The van der Waals surface area contributed by atoms with E-state index in [4.69, 9.17) is 0 Å². The van der Waals surface area contributed by atoms with Crippen LogP contribution in [0.2, 0.25) is 0 Å². The van der Waals surface area contributed by atoms with Gasteiger partial charge in [-0.2, -0.15) is 0 Å². The van der Waals surface area contributed by atoms with Crippen LogP contribution in [-0.4, -0.2) is 65.8 Å². The summed E-state index contributed by atoms with van der Waals surface area (Å²) in [6.07, 6.45) is 8.71. The zero-order valence-corrected chi connectivity index (χ0v) is 22.2. The van der Waals surface area contributed by atoms with Crippen LogP contribution in [0.25, 0.3) is 0 Å². The summed E-state index contributed by atoms with van der Waals surface area (Å²) in [6.45, 7) is 6.50. The Kier molecular flexibility index (Phi) is 9.57. The lowest BCUT2D eigenvalue weighted by atomic mass is 9.92. The van der Waals surface area contributed by atoms with Gasteiger partial charge in [-0.25, -0.2) is 0 Å². The molecule has 0 radical (unpaired) electrons. The van der Waals surface area contributed by atoms with E-state index in [1.54, 1.807) is 0 Å². The summed E-state index contributed by atoms with van der Waals surface area (Å²) in [5.74, 6) is 0.566. The molecule has 2 aromatic rings. The van der Waals surface area contributed by atoms with Crippen molar-refractivity contribution in [3.05, 3.63) is 71.3 Å². The van der Waals surface area contributed by atoms with Crippen LogP contribution in [0, 0.1) is 5.92 Å². The molecule has 4 rings (SSSR count). The molecular weight excluding hydrogens is 446 g/mol. The number of benzene rings is 2. The Balaban J connectivity index is 1.19. The lowest BCUT2D eigenvalue weighted by Gasteiger charge is -2.42. The molecule has 5 nitrogen and oxygen atoms in total. The molecule has 0 N–H and O–H groups in total. The average molecular weight is 490 g/mol. The number of likely N-dealkylation sites (tertiary alicyclic amines) is 2. The molecule has 2 fully saturated rings. The minimum absolute atomic E-state index is 0.126. The third-order valence-corrected chi connectivity index (χ3v) is 8.06. The summed E-state index contributed by atoms with van der Waals surface area (Å²) in [5.41, 5.74) is 3.31. The fraction of sp³-hybridized carbons (Fsp3) is 0.548. The predicted octanol–water partition coefficient (Wildman–Crippen LogP) is 5.39. The molecule has 0 aromatic heterocycles. The number of hydrogen-bond donors (Lipinski definition) is 0. The van der Waals surface area contributed by atoms with Gasteiger partial charge in [0, 0.05) is 44.2 Å². The molecule has 2 amide bonds. The van der Waals surface area contributed by atoms with E-state index < -0.39 is 0 Å². The first-order valence-corrected chi connectivity index (χ1v) is 14.0. The van der Waals surface area contributed by atoms with E-state index in [1.165, 1.54) is 30.4 Å². The zero-order chi connectivity index (χ0) is 25.3. The van der Waals surface area contributed by atoms with E-state index in [-0.39, 0.29) is 17.7 Å². The van der Waals surface area contributed by atoms with Crippen molar-refractivity contribution in [2.45, 2.75) is 70.9 Å². The van der Waals surface area contributed by atoms with Gasteiger partial charge in [-0.1, -0.05) is 62.2 Å². The van der Waals surface area contributed by atoms with Crippen LogP contribution < -0.4 is 0 Å². The van der Waals surface area contributed by atoms with E-state index in [9.17, 15) is 9.59 Å². The van der Waals surface area contributed by atoms with Crippen LogP contribution in [0.5, 0.6) is 0 Å². The second-order valence-electron chi connectivity index (χ2n) is 10.7. The van der Waals surface area contributed by atoms with Gasteiger partial charge in [0.1, 0.15) is 0 Å². The summed E-state index contributed by atoms with van der Waals surface area (Å²) in [7, 11) is 1.93. The Morgan fingerprint density at radius 3 is 2.14 bits per heavy atom. The Morgan fingerprint density at radius 2 is 1.50 bits per heavy atom. The molecule has 0 atom stereocenters. The Labute approximate surface area is 217 Å². The molecular formula is C31H43N3O2. The molecule has 2 aliphatic rings. The number of nitrogens with zero attached hydrogens (tertiary/aromatic N) is 3. The van der Waals surface area contributed by atoms with Crippen molar-refractivity contribution < 1.29 is 9.59 Å². The maximum Gasteiger partial charge on any atom is 0.253 e. The van der Waals surface area contributed by atoms with Crippen molar-refractivity contribution in [2.24, 2.45) is 5.92 Å². The van der Waals surface area contributed by atoms with Gasteiger partial charge in [-0.15, -0.1) is 0 Å². The lowest BCUT2D eigenvalue weighted by Crippen LogP contribution is -2.50. The number of rotatable bonds is 9. The van der Waals surface area contributed by atoms with Crippen LogP contribution in [0.1, 0.15) is 73.4 Å². The van der Waals surface area contributed by atoms with E-state index in [0.29, 0.717) is 12.6 Å². The van der Waals surface area contributed by atoms with Gasteiger partial charge >= 0.3 is 0 Å². The topological polar surface area (TPSA) is 43.9 Å². The SMILES string of the molecule is CCCCCc1ccc(C(=O)N2CCC(N3CCC(C(=O)N(C)Cc4ccccc4)CC3)CC2)cc1. The highest BCUT2D eigenvalue weighted by Crippen LogP contribution is 2.26. The van der Waals surface area contributed by atoms with Crippen molar-refractivity contribution in [2.75, 3.05) is 33.2 Å². The van der Waals surface area contributed by atoms with Crippen molar-refractivity contribution in [1.82, 2.24) is 14.7 Å². The monoisotopic (exact) mass is 489 g/mol. The van der Waals surface area contributed by atoms with Gasteiger partial charge in [0.15, 0.2) is 0 Å². The predicted molar refractivity (Wildman–Crippen MR) is 146 cm³/mol. The molecule has 194 valence electrons. The number of piperidine rings is 2. The number of amides is 2. The highest BCUT2D eigenvalue weighted by molar-refractivity contribution is 5.94. The maximum absolute atomic E-state index is 13.0. The van der Waals surface area contributed by atoms with Crippen molar-refractivity contribution in [3.63, 3.8) is 0 Å². The first-order valence-electron chi connectivity index (χ1n) is 14.0. The first-order chi connectivity index (χ1) is 17.5. The third kappa shape index (κ3) is 6.97. The molecule has 0 unspecified atom stereocenters. The van der Waals surface area contributed by atoms with E-state index in [0.717, 1.165) is 63.8 Å². The highest BCUT2D eigenvalue weighted by atomic mass is 16.2. The number of aryl methyl sites for hydroxylation is 1. The average Bonchev–Trinajstić information content (AvgIpc) is 2.93. The first kappa shape index (κ1) is 26.4. The van der Waals surface area contributed by atoms with Gasteiger partial charge in [0.25, 0.3) is 5.91 Å². The second kappa shape index (κ2) is 13.0. The summed E-state index contributed by atoms with van der Waals surface area (Å²) >= 11 is 0. The largest absolute Gasteiger partial charge is 0.341 e. The van der Waals surface area contributed by atoms with Gasteiger partial charge in [-0.05, 0) is 74.9 Å². The Morgan fingerprint density at radius 1 is 0.833 bits per heavy atom. The zero-order valence-electron chi connectivity index (χ0n) is 22.2. The fourth-order valence-electron chi connectivity index (χ4n) is 5.77. The van der Waals surface area contributed by atoms with E-state index in [2.05, 4.69) is 36.1 Å². The molecule has 0 saturated carbocycles. The quantitative estimate of drug-likeness (QED) is 0.443. The van der Waals surface area contributed by atoms with Crippen LogP contribution in [0.3, 0.4) is 0 Å². The van der Waals surface area contributed by atoms with Gasteiger partial charge in [0.05, 0.1) is 0 Å². The molecule has 2 aromatic carbocycles. The summed E-state index contributed by atoms with van der Waals surface area (Å²) < 4.78 is 0. The van der Waals surface area contributed by atoms with Crippen LogP contribution in [-0.2, 0) is 17.8 Å². The Hall–Kier alpha value is -2.66. The fourth-order valence-corrected chi connectivity index (χ4v) is 5.77. The second-order valence-corrected chi connectivity index (χ2v) is 10.7. The molecule has 2 aliphatic heterocycles. The minimum Gasteiger partial charge on any atom is -0.341 e. The molecule has 2 saturated heterocycles. The maximum atomic E-state index is 13.0.